The molecule has 2 aromatic carbocycles. The molecule has 2 nitrogen and oxygen atoms in total. The maximum absolute atomic E-state index is 5.86. The molecule has 1 atom stereocenters. The molecular formula is C21H24N2. The third-order valence-electron chi connectivity index (χ3n) is 4.56. The van der Waals surface area contributed by atoms with Crippen LogP contribution in [0.2, 0.25) is 0 Å². The molecule has 0 aliphatic heterocycles. The summed E-state index contributed by atoms with van der Waals surface area (Å²) in [5.74, 6) is 0.566. The summed E-state index contributed by atoms with van der Waals surface area (Å²) in [4.78, 5) is 2.33. The van der Waals surface area contributed by atoms with Crippen molar-refractivity contribution < 1.29 is 0 Å². The fourth-order valence-corrected chi connectivity index (χ4v) is 2.90. The molecular weight excluding hydrogens is 280 g/mol. The van der Waals surface area contributed by atoms with Gasteiger partial charge in [0, 0.05) is 22.8 Å². The Morgan fingerprint density at radius 3 is 2.00 bits per heavy atom. The van der Waals surface area contributed by atoms with Crippen LogP contribution in [0.15, 0.2) is 72.0 Å². The monoisotopic (exact) mass is 304 g/mol. The molecule has 118 valence electrons. The quantitative estimate of drug-likeness (QED) is 0.749. The van der Waals surface area contributed by atoms with Gasteiger partial charge in [-0.1, -0.05) is 36.3 Å². The Balaban J connectivity index is 2.07. The maximum atomic E-state index is 5.86. The van der Waals surface area contributed by atoms with Gasteiger partial charge in [-0.2, -0.15) is 0 Å². The highest BCUT2D eigenvalue weighted by Crippen LogP contribution is 2.36. The minimum atomic E-state index is 0.566. The zero-order valence-corrected chi connectivity index (χ0v) is 14.1. The first-order valence-corrected chi connectivity index (χ1v) is 8.14. The zero-order chi connectivity index (χ0) is 16.4. The average molecular weight is 304 g/mol. The number of hydrogen-bond acceptors (Lipinski definition) is 2. The zero-order valence-electron chi connectivity index (χ0n) is 14.1. The molecule has 1 aliphatic rings. The number of rotatable bonds is 3. The topological polar surface area (TPSA) is 29.3 Å². The smallest absolute Gasteiger partial charge is 0.0459 e. The van der Waals surface area contributed by atoms with Crippen LogP contribution in [0.4, 0.5) is 17.1 Å². The van der Waals surface area contributed by atoms with Crippen LogP contribution in [-0.4, -0.2) is 0 Å². The van der Waals surface area contributed by atoms with Crippen LogP contribution >= 0.6 is 0 Å². The van der Waals surface area contributed by atoms with Crippen LogP contribution in [0.25, 0.3) is 0 Å². The summed E-state index contributed by atoms with van der Waals surface area (Å²) in [5.41, 5.74) is 13.0. The fraction of sp³-hybridized carbons (Fsp3) is 0.238. The number of nitrogens with two attached hydrogens (primary N) is 1. The molecule has 0 radical (unpaired) electrons. The molecule has 0 saturated heterocycles. The highest BCUT2D eigenvalue weighted by atomic mass is 15.1. The minimum Gasteiger partial charge on any atom is -0.399 e. The summed E-state index contributed by atoms with van der Waals surface area (Å²) in [6.07, 6.45) is 5.52. The van der Waals surface area contributed by atoms with Crippen molar-refractivity contribution in [2.24, 2.45) is 5.92 Å². The minimum absolute atomic E-state index is 0.566. The second kappa shape index (κ2) is 6.33. The Morgan fingerprint density at radius 2 is 1.43 bits per heavy atom. The van der Waals surface area contributed by atoms with E-state index in [9.17, 15) is 0 Å². The highest BCUT2D eigenvalue weighted by molar-refractivity contribution is 5.70. The van der Waals surface area contributed by atoms with Gasteiger partial charge in [-0.3, -0.25) is 0 Å². The number of anilines is 3. The summed E-state index contributed by atoms with van der Waals surface area (Å²) >= 11 is 0. The van der Waals surface area contributed by atoms with E-state index in [0.29, 0.717) is 5.92 Å². The second-order valence-electron chi connectivity index (χ2n) is 6.44. The third-order valence-corrected chi connectivity index (χ3v) is 4.56. The van der Waals surface area contributed by atoms with E-state index in [0.717, 1.165) is 17.8 Å². The lowest BCUT2D eigenvalue weighted by molar-refractivity contribution is 0.653. The van der Waals surface area contributed by atoms with Crippen LogP contribution in [0.3, 0.4) is 0 Å². The lowest BCUT2D eigenvalue weighted by Crippen LogP contribution is -2.20. The van der Waals surface area contributed by atoms with Crippen LogP contribution in [-0.2, 0) is 0 Å². The lowest BCUT2D eigenvalue weighted by atomic mass is 9.91. The van der Waals surface area contributed by atoms with E-state index >= 15 is 0 Å². The van der Waals surface area contributed by atoms with E-state index in [4.69, 9.17) is 5.73 Å². The summed E-state index contributed by atoms with van der Waals surface area (Å²) in [6, 6.07) is 16.8. The molecule has 0 amide bonds. The first kappa shape index (κ1) is 15.4. The van der Waals surface area contributed by atoms with Crippen LogP contribution in [0, 0.1) is 12.8 Å². The summed E-state index contributed by atoms with van der Waals surface area (Å²) in [6.45, 7) is 6.61. The average Bonchev–Trinajstić information content (AvgIpc) is 2.55. The molecule has 2 heteroatoms. The molecule has 0 heterocycles. The predicted molar refractivity (Wildman–Crippen MR) is 99.8 cm³/mol. The highest BCUT2D eigenvalue weighted by Gasteiger charge is 2.19. The predicted octanol–water partition coefficient (Wildman–Crippen LogP) is 5.59. The lowest BCUT2D eigenvalue weighted by Gasteiger charge is -2.31. The number of allylic oxidation sites excluding steroid dienone is 4. The molecule has 1 aliphatic carbocycles. The Hall–Kier alpha value is -2.48. The van der Waals surface area contributed by atoms with Crippen LogP contribution < -0.4 is 10.6 Å². The van der Waals surface area contributed by atoms with E-state index in [-0.39, 0.29) is 0 Å². The van der Waals surface area contributed by atoms with Crippen LogP contribution in [0.1, 0.15) is 25.8 Å². The van der Waals surface area contributed by atoms with Crippen molar-refractivity contribution in [1.82, 2.24) is 0 Å². The van der Waals surface area contributed by atoms with Gasteiger partial charge in [0.05, 0.1) is 0 Å². The fourth-order valence-electron chi connectivity index (χ4n) is 2.90. The normalized spacial score (nSPS) is 17.4. The van der Waals surface area contributed by atoms with Gasteiger partial charge in [0.25, 0.3) is 0 Å². The van der Waals surface area contributed by atoms with Crippen molar-refractivity contribution in [2.75, 3.05) is 10.6 Å². The van der Waals surface area contributed by atoms with Crippen molar-refractivity contribution in [3.05, 3.63) is 77.5 Å². The van der Waals surface area contributed by atoms with Crippen molar-refractivity contribution in [2.45, 2.75) is 27.2 Å². The largest absolute Gasteiger partial charge is 0.399 e. The Kier molecular flexibility index (Phi) is 4.24. The van der Waals surface area contributed by atoms with Gasteiger partial charge in [0.2, 0.25) is 0 Å². The van der Waals surface area contributed by atoms with Gasteiger partial charge in [0.1, 0.15) is 0 Å². The van der Waals surface area contributed by atoms with Gasteiger partial charge >= 0.3 is 0 Å². The number of benzene rings is 2. The Morgan fingerprint density at radius 1 is 0.870 bits per heavy atom. The number of aryl methyl sites for hydroxylation is 1. The SMILES string of the molecule is CC1=CC=C(N(c2ccc(C)cc2)c2ccc(N)cc2)CC1C. The van der Waals surface area contributed by atoms with Crippen molar-refractivity contribution >= 4 is 17.1 Å². The van der Waals surface area contributed by atoms with Gasteiger partial charge < -0.3 is 10.6 Å². The molecule has 1 unspecified atom stereocenters. The Bertz CT molecular complexity index is 691. The Labute approximate surface area is 138 Å². The van der Waals surface area contributed by atoms with Gasteiger partial charge in [0.15, 0.2) is 0 Å². The molecule has 23 heavy (non-hydrogen) atoms. The molecule has 3 rings (SSSR count). The summed E-state index contributed by atoms with van der Waals surface area (Å²) in [7, 11) is 0. The molecule has 2 aromatic rings. The van der Waals surface area contributed by atoms with Gasteiger partial charge in [-0.15, -0.1) is 0 Å². The van der Waals surface area contributed by atoms with E-state index in [2.05, 4.69) is 74.2 Å². The maximum Gasteiger partial charge on any atom is 0.0459 e. The van der Waals surface area contributed by atoms with Crippen molar-refractivity contribution in [3.8, 4) is 0 Å². The molecule has 0 spiro atoms. The van der Waals surface area contributed by atoms with Gasteiger partial charge in [-0.25, -0.2) is 0 Å². The van der Waals surface area contributed by atoms with Crippen molar-refractivity contribution in [3.63, 3.8) is 0 Å². The molecule has 2 N–H and O–H groups in total. The molecule has 0 bridgehead atoms. The standard InChI is InChI=1S/C21H24N2/c1-15-4-9-19(10-5-15)23(20-12-7-18(22)8-13-20)21-11-6-16(2)17(3)14-21/h4-13,17H,14,22H2,1-3H3. The summed E-state index contributed by atoms with van der Waals surface area (Å²) < 4.78 is 0. The first-order chi connectivity index (χ1) is 11.0. The second-order valence-corrected chi connectivity index (χ2v) is 6.44. The van der Waals surface area contributed by atoms with E-state index in [1.807, 2.05) is 12.1 Å². The summed E-state index contributed by atoms with van der Waals surface area (Å²) in [5, 5.41) is 0. The number of hydrogen-bond donors (Lipinski definition) is 1. The third kappa shape index (κ3) is 3.31. The molecule has 0 saturated carbocycles. The first-order valence-electron chi connectivity index (χ1n) is 8.14. The van der Waals surface area contributed by atoms with Crippen molar-refractivity contribution in [1.29, 1.82) is 0 Å². The van der Waals surface area contributed by atoms with E-state index in [1.54, 1.807) is 0 Å². The van der Waals surface area contributed by atoms with E-state index in [1.165, 1.54) is 22.5 Å². The van der Waals surface area contributed by atoms with Gasteiger partial charge in [-0.05, 0) is 68.7 Å². The number of nitrogen functional groups attached to an aromatic ring is 1. The van der Waals surface area contributed by atoms with Crippen LogP contribution in [0.5, 0.6) is 0 Å². The molecule has 0 fully saturated rings. The number of nitrogens with zero attached hydrogens (tertiary/aromatic N) is 1. The van der Waals surface area contributed by atoms with E-state index < -0.39 is 0 Å². The molecule has 0 aromatic heterocycles.